The van der Waals surface area contributed by atoms with Crippen molar-refractivity contribution < 1.29 is 28.2 Å². The first-order valence-corrected chi connectivity index (χ1v) is 8.19. The number of piperidine rings is 1. The van der Waals surface area contributed by atoms with Gasteiger partial charge in [0.25, 0.3) is 0 Å². The molecule has 0 bridgehead atoms. The molecule has 8 nitrogen and oxygen atoms in total. The Morgan fingerprint density at radius 2 is 2.10 bits per heavy atom. The van der Waals surface area contributed by atoms with E-state index < -0.39 is 33.9 Å². The van der Waals surface area contributed by atoms with Gasteiger partial charge in [-0.3, -0.25) is 4.79 Å². The fourth-order valence-corrected chi connectivity index (χ4v) is 3.05. The van der Waals surface area contributed by atoms with Gasteiger partial charge < -0.3 is 15.5 Å². The van der Waals surface area contributed by atoms with E-state index in [0.717, 1.165) is 6.26 Å². The number of carboxylic acids is 1. The monoisotopic (exact) mass is 308 g/mol. The Morgan fingerprint density at radius 3 is 2.60 bits per heavy atom. The zero-order chi connectivity index (χ0) is 15.3. The molecule has 9 heteroatoms. The van der Waals surface area contributed by atoms with Crippen LogP contribution in [0, 0.1) is 5.92 Å². The highest BCUT2D eigenvalue weighted by Gasteiger charge is 2.32. The number of nitrogens with one attached hydrogen (secondary N) is 1. The zero-order valence-electron chi connectivity index (χ0n) is 11.3. The van der Waals surface area contributed by atoms with E-state index in [2.05, 4.69) is 5.32 Å². The summed E-state index contributed by atoms with van der Waals surface area (Å²) in [4.78, 5) is 22.9. The number of carboxylic acid groups (broad SMARTS) is 1. The number of rotatable bonds is 6. The van der Waals surface area contributed by atoms with Crippen LogP contribution in [0.25, 0.3) is 0 Å². The van der Waals surface area contributed by atoms with Crippen molar-refractivity contribution in [3.63, 3.8) is 0 Å². The molecule has 1 rings (SSSR count). The molecule has 0 aliphatic carbocycles. The molecule has 1 saturated heterocycles. The summed E-state index contributed by atoms with van der Waals surface area (Å²) in [7, 11) is -3.35. The van der Waals surface area contributed by atoms with Gasteiger partial charge in [-0.1, -0.05) is 0 Å². The fraction of sp³-hybridized carbons (Fsp3) is 0.818. The number of hydrogen-bond acceptors (Lipinski definition) is 5. The lowest BCUT2D eigenvalue weighted by atomic mass is 9.98. The SMILES string of the molecule is CS(=O)(=O)N1CCCC(C(=O)NC(CCO)C(=O)O)C1. The Morgan fingerprint density at radius 1 is 1.45 bits per heavy atom. The van der Waals surface area contributed by atoms with Crippen molar-refractivity contribution in [2.24, 2.45) is 5.92 Å². The summed E-state index contributed by atoms with van der Waals surface area (Å²) >= 11 is 0. The lowest BCUT2D eigenvalue weighted by Gasteiger charge is -2.30. The van der Waals surface area contributed by atoms with Crippen LogP contribution in [0.1, 0.15) is 19.3 Å². The zero-order valence-corrected chi connectivity index (χ0v) is 12.1. The summed E-state index contributed by atoms with van der Waals surface area (Å²) in [6, 6.07) is -1.15. The van der Waals surface area contributed by atoms with E-state index in [0.29, 0.717) is 19.4 Å². The highest BCUT2D eigenvalue weighted by atomic mass is 32.2. The van der Waals surface area contributed by atoms with Crippen LogP contribution in [-0.4, -0.2) is 66.8 Å². The van der Waals surface area contributed by atoms with Gasteiger partial charge in [-0.25, -0.2) is 17.5 Å². The van der Waals surface area contributed by atoms with E-state index in [1.807, 2.05) is 0 Å². The first-order chi connectivity index (χ1) is 9.25. The predicted octanol–water partition coefficient (Wildman–Crippen LogP) is -1.39. The minimum absolute atomic E-state index is 0.0656. The Labute approximate surface area is 117 Å². The normalized spacial score (nSPS) is 22.2. The van der Waals surface area contributed by atoms with Gasteiger partial charge in [-0.15, -0.1) is 0 Å². The molecule has 1 aliphatic rings. The second-order valence-corrected chi connectivity index (χ2v) is 6.85. The van der Waals surface area contributed by atoms with Crippen LogP contribution in [0.3, 0.4) is 0 Å². The first kappa shape index (κ1) is 16.9. The molecule has 1 aliphatic heterocycles. The van der Waals surface area contributed by atoms with E-state index >= 15 is 0 Å². The summed E-state index contributed by atoms with van der Waals surface area (Å²) in [5, 5.41) is 20.0. The maximum absolute atomic E-state index is 12.0. The van der Waals surface area contributed by atoms with Gasteiger partial charge >= 0.3 is 5.97 Å². The topological polar surface area (TPSA) is 124 Å². The predicted molar refractivity (Wildman–Crippen MR) is 70.4 cm³/mol. The van der Waals surface area contributed by atoms with E-state index in [1.165, 1.54) is 4.31 Å². The van der Waals surface area contributed by atoms with E-state index in [4.69, 9.17) is 10.2 Å². The van der Waals surface area contributed by atoms with E-state index in [9.17, 15) is 18.0 Å². The van der Waals surface area contributed by atoms with Crippen LogP contribution in [0.15, 0.2) is 0 Å². The summed E-state index contributed by atoms with van der Waals surface area (Å²) in [6.45, 7) is 0.0924. The van der Waals surface area contributed by atoms with Gasteiger partial charge in [0.15, 0.2) is 0 Å². The molecule has 1 fully saturated rings. The minimum Gasteiger partial charge on any atom is -0.480 e. The summed E-state index contributed by atoms with van der Waals surface area (Å²) in [6.07, 6.45) is 2.08. The molecule has 0 radical (unpaired) electrons. The standard InChI is InChI=1S/C11H20N2O6S/c1-20(18,19)13-5-2-3-8(7-13)10(15)12-9(4-6-14)11(16)17/h8-9,14H,2-7H2,1H3,(H,12,15)(H,16,17). The number of carbonyl (C=O) groups is 2. The fourth-order valence-electron chi connectivity index (χ4n) is 2.13. The third kappa shape index (κ3) is 4.73. The lowest BCUT2D eigenvalue weighted by molar-refractivity contribution is -0.143. The maximum atomic E-state index is 12.0. The Bertz CT molecular complexity index is 464. The van der Waals surface area contributed by atoms with Crippen LogP contribution in [0.5, 0.6) is 0 Å². The molecular weight excluding hydrogens is 288 g/mol. The summed E-state index contributed by atoms with van der Waals surface area (Å²) in [5.41, 5.74) is 0. The van der Waals surface area contributed by atoms with Crippen molar-refractivity contribution in [2.75, 3.05) is 26.0 Å². The minimum atomic E-state index is -3.35. The Kier molecular flexibility index (Phi) is 5.90. The molecule has 2 unspecified atom stereocenters. The molecule has 20 heavy (non-hydrogen) atoms. The smallest absolute Gasteiger partial charge is 0.326 e. The number of aliphatic hydroxyl groups is 1. The highest BCUT2D eigenvalue weighted by Crippen LogP contribution is 2.19. The highest BCUT2D eigenvalue weighted by molar-refractivity contribution is 7.88. The Balaban J connectivity index is 2.65. The van der Waals surface area contributed by atoms with Crippen LogP contribution >= 0.6 is 0 Å². The van der Waals surface area contributed by atoms with Gasteiger partial charge in [0.05, 0.1) is 12.2 Å². The number of aliphatic carboxylic acids is 1. The van der Waals surface area contributed by atoms with Crippen molar-refractivity contribution >= 4 is 21.9 Å². The number of carbonyl (C=O) groups excluding carboxylic acids is 1. The molecule has 2 atom stereocenters. The van der Waals surface area contributed by atoms with Gasteiger partial charge in [0.2, 0.25) is 15.9 Å². The van der Waals surface area contributed by atoms with Crippen molar-refractivity contribution in [3.05, 3.63) is 0 Å². The average molecular weight is 308 g/mol. The van der Waals surface area contributed by atoms with Crippen molar-refractivity contribution in [1.29, 1.82) is 0 Å². The molecule has 3 N–H and O–H groups in total. The third-order valence-electron chi connectivity index (χ3n) is 3.26. The van der Waals surface area contributed by atoms with Gasteiger partial charge in [-0.05, 0) is 12.8 Å². The van der Waals surface area contributed by atoms with Crippen LogP contribution in [0.2, 0.25) is 0 Å². The molecule has 1 amide bonds. The molecule has 0 aromatic heterocycles. The van der Waals surface area contributed by atoms with Crippen LogP contribution < -0.4 is 5.32 Å². The second kappa shape index (κ2) is 7.00. The number of sulfonamides is 1. The number of aliphatic hydroxyl groups excluding tert-OH is 1. The van der Waals surface area contributed by atoms with Gasteiger partial charge in [0, 0.05) is 26.1 Å². The number of hydrogen-bond donors (Lipinski definition) is 3. The molecule has 1 heterocycles. The van der Waals surface area contributed by atoms with E-state index in [1.54, 1.807) is 0 Å². The van der Waals surface area contributed by atoms with Gasteiger partial charge in [-0.2, -0.15) is 0 Å². The van der Waals surface area contributed by atoms with Crippen molar-refractivity contribution in [2.45, 2.75) is 25.3 Å². The first-order valence-electron chi connectivity index (χ1n) is 6.35. The Hall–Kier alpha value is -1.19. The van der Waals surface area contributed by atoms with Crippen LogP contribution in [0.4, 0.5) is 0 Å². The van der Waals surface area contributed by atoms with Crippen LogP contribution in [-0.2, 0) is 19.6 Å². The molecule has 0 aromatic rings. The molecule has 0 spiro atoms. The molecule has 0 aromatic carbocycles. The molecule has 116 valence electrons. The largest absolute Gasteiger partial charge is 0.480 e. The average Bonchev–Trinajstić information content (AvgIpc) is 2.37. The quantitative estimate of drug-likeness (QED) is 0.555. The third-order valence-corrected chi connectivity index (χ3v) is 4.53. The summed E-state index contributed by atoms with van der Waals surface area (Å²) in [5.74, 6) is -2.26. The molecular formula is C11H20N2O6S. The lowest BCUT2D eigenvalue weighted by Crippen LogP contribution is -2.49. The van der Waals surface area contributed by atoms with E-state index in [-0.39, 0.29) is 19.6 Å². The van der Waals surface area contributed by atoms with Crippen molar-refractivity contribution in [1.82, 2.24) is 9.62 Å². The number of amides is 1. The molecule has 0 saturated carbocycles. The number of nitrogens with zero attached hydrogens (tertiary/aromatic N) is 1. The van der Waals surface area contributed by atoms with Gasteiger partial charge in [0.1, 0.15) is 6.04 Å². The maximum Gasteiger partial charge on any atom is 0.326 e. The second-order valence-electron chi connectivity index (χ2n) is 4.87. The van der Waals surface area contributed by atoms with Crippen molar-refractivity contribution in [3.8, 4) is 0 Å². The summed E-state index contributed by atoms with van der Waals surface area (Å²) < 4.78 is 24.1.